The molecule has 6 nitrogen and oxygen atoms in total. The van der Waals surface area contributed by atoms with Gasteiger partial charge in [0.1, 0.15) is 11.1 Å². The van der Waals surface area contributed by atoms with Gasteiger partial charge in [-0.2, -0.15) is 4.31 Å². The summed E-state index contributed by atoms with van der Waals surface area (Å²) in [5, 5.41) is 3.48. The number of aromatic amines is 1. The third kappa shape index (κ3) is 4.02. The third-order valence-corrected chi connectivity index (χ3v) is 6.86. The highest BCUT2D eigenvalue weighted by Crippen LogP contribution is 2.21. The number of nitrogens with one attached hydrogen (secondary N) is 3. The number of H-pyrrole nitrogens is 1. The monoisotopic (exact) mass is 340 g/mol. The van der Waals surface area contributed by atoms with Crippen LogP contribution in [0, 0.1) is 0 Å². The molecule has 0 amide bonds. The number of pyridine rings is 1. The molecule has 7 heteroatoms. The molecule has 0 spiro atoms. The molecule has 1 aliphatic heterocycles. The molecule has 1 aromatic heterocycles. The lowest BCUT2D eigenvalue weighted by Gasteiger charge is -2.29. The Morgan fingerprint density at radius 2 is 1.87 bits per heavy atom. The number of rotatable bonds is 4. The fourth-order valence-electron chi connectivity index (χ4n) is 3.38. The van der Waals surface area contributed by atoms with Crippen LogP contribution in [-0.2, 0) is 10.0 Å². The molecule has 128 valence electrons. The molecule has 2 aliphatic rings. The second-order valence-electron chi connectivity index (χ2n) is 6.78. The van der Waals surface area contributed by atoms with Crippen LogP contribution in [0.25, 0.3) is 0 Å². The van der Waals surface area contributed by atoms with E-state index in [9.17, 15) is 8.42 Å². The lowest BCUT2D eigenvalue weighted by atomic mass is 9.95. The summed E-state index contributed by atoms with van der Waals surface area (Å²) in [6.45, 7) is 2.92. The number of quaternary nitrogens is 1. The van der Waals surface area contributed by atoms with Crippen molar-refractivity contribution >= 4 is 15.8 Å². The van der Waals surface area contributed by atoms with E-state index < -0.39 is 10.0 Å². The Kier molecular flexibility index (Phi) is 5.18. The summed E-state index contributed by atoms with van der Waals surface area (Å²) in [4.78, 5) is 4.85. The molecular weight excluding hydrogens is 312 g/mol. The first-order valence-corrected chi connectivity index (χ1v) is 10.1. The van der Waals surface area contributed by atoms with Crippen LogP contribution in [-0.4, -0.2) is 52.0 Å². The van der Waals surface area contributed by atoms with Crippen molar-refractivity contribution in [1.82, 2.24) is 4.31 Å². The molecule has 3 rings (SSSR count). The first-order chi connectivity index (χ1) is 11.1. The normalized spacial score (nSPS) is 22.1. The second-order valence-corrected chi connectivity index (χ2v) is 8.72. The van der Waals surface area contributed by atoms with Crippen molar-refractivity contribution in [3.63, 3.8) is 0 Å². The number of hydrogen-bond donors (Lipinski definition) is 2. The summed E-state index contributed by atoms with van der Waals surface area (Å²) in [7, 11) is -1.27. The minimum Gasteiger partial charge on any atom is -0.335 e. The van der Waals surface area contributed by atoms with Gasteiger partial charge in [0.05, 0.1) is 39.3 Å². The van der Waals surface area contributed by atoms with Crippen LogP contribution in [0.3, 0.4) is 0 Å². The maximum Gasteiger partial charge on any atom is 0.272 e. The number of sulfonamides is 1. The van der Waals surface area contributed by atoms with Gasteiger partial charge < -0.3 is 4.90 Å². The Hall–Kier alpha value is -1.18. The van der Waals surface area contributed by atoms with Gasteiger partial charge in [-0.15, -0.1) is 0 Å². The van der Waals surface area contributed by atoms with Crippen LogP contribution in [0.15, 0.2) is 23.2 Å². The predicted octanol–water partition coefficient (Wildman–Crippen LogP) is -0.236. The topological polar surface area (TPSA) is 68.0 Å². The fourth-order valence-corrected chi connectivity index (χ4v) is 4.79. The van der Waals surface area contributed by atoms with Crippen LogP contribution in [0.4, 0.5) is 5.82 Å². The van der Waals surface area contributed by atoms with E-state index in [1.807, 2.05) is 6.07 Å². The maximum absolute atomic E-state index is 12.7. The number of likely N-dealkylation sites (N-methyl/N-ethyl adjacent to an activating group) is 1. The van der Waals surface area contributed by atoms with E-state index in [-0.39, 0.29) is 0 Å². The SMILES string of the molecule is C[NH+]1CCN(S(=O)(=O)c2ccc(NC3CCCCC3)[nH+]c2)CC1. The molecule has 0 unspecified atom stereocenters. The number of nitrogens with zero attached hydrogens (tertiary/aromatic N) is 1. The van der Waals surface area contributed by atoms with E-state index in [1.54, 1.807) is 16.6 Å². The van der Waals surface area contributed by atoms with Crippen LogP contribution in [0.2, 0.25) is 0 Å². The lowest BCUT2D eigenvalue weighted by Crippen LogP contribution is -3.12. The first kappa shape index (κ1) is 16.7. The minimum absolute atomic E-state index is 0.353. The summed E-state index contributed by atoms with van der Waals surface area (Å²) in [6.07, 6.45) is 7.87. The molecule has 1 aliphatic carbocycles. The maximum atomic E-state index is 12.7. The molecule has 2 fully saturated rings. The molecule has 1 saturated heterocycles. The Bertz CT molecular complexity index is 603. The zero-order valence-electron chi connectivity index (χ0n) is 13.8. The van der Waals surface area contributed by atoms with Gasteiger partial charge in [0.15, 0.2) is 0 Å². The van der Waals surface area contributed by atoms with Gasteiger partial charge in [0.25, 0.3) is 5.82 Å². The van der Waals surface area contributed by atoms with Crippen LogP contribution in [0.5, 0.6) is 0 Å². The lowest BCUT2D eigenvalue weighted by molar-refractivity contribution is -0.883. The highest BCUT2D eigenvalue weighted by atomic mass is 32.2. The quantitative estimate of drug-likeness (QED) is 0.795. The minimum atomic E-state index is -3.37. The molecule has 2 heterocycles. The van der Waals surface area contributed by atoms with Crippen LogP contribution >= 0.6 is 0 Å². The molecule has 0 radical (unpaired) electrons. The number of hydrogen-bond acceptors (Lipinski definition) is 3. The van der Waals surface area contributed by atoms with E-state index in [1.165, 1.54) is 37.0 Å². The van der Waals surface area contributed by atoms with E-state index in [0.29, 0.717) is 24.0 Å². The number of aromatic nitrogens is 1. The van der Waals surface area contributed by atoms with Crippen molar-refractivity contribution < 1.29 is 18.3 Å². The fraction of sp³-hybridized carbons (Fsp3) is 0.688. The molecule has 0 atom stereocenters. The molecule has 23 heavy (non-hydrogen) atoms. The van der Waals surface area contributed by atoms with E-state index >= 15 is 0 Å². The predicted molar refractivity (Wildman–Crippen MR) is 88.9 cm³/mol. The highest BCUT2D eigenvalue weighted by Gasteiger charge is 2.30. The van der Waals surface area contributed by atoms with E-state index in [0.717, 1.165) is 18.9 Å². The summed E-state index contributed by atoms with van der Waals surface area (Å²) >= 11 is 0. The van der Waals surface area contributed by atoms with Crippen molar-refractivity contribution in [3.05, 3.63) is 18.3 Å². The number of anilines is 1. The van der Waals surface area contributed by atoms with Crippen molar-refractivity contribution in [2.75, 3.05) is 38.5 Å². The summed E-state index contributed by atoms with van der Waals surface area (Å²) < 4.78 is 26.9. The summed E-state index contributed by atoms with van der Waals surface area (Å²) in [5.74, 6) is 0.902. The summed E-state index contributed by atoms with van der Waals surface area (Å²) in [6, 6.07) is 4.06. The largest absolute Gasteiger partial charge is 0.335 e. The van der Waals surface area contributed by atoms with E-state index in [2.05, 4.69) is 17.3 Å². The van der Waals surface area contributed by atoms with Gasteiger partial charge in [0, 0.05) is 6.07 Å². The zero-order valence-corrected chi connectivity index (χ0v) is 14.7. The standard InChI is InChI=1S/C16H26N4O2S/c1-19-9-11-20(12-10-19)23(21,22)15-7-8-16(17-13-15)18-14-5-3-2-4-6-14/h7-8,13-14H,2-6,9-12H2,1H3,(H,17,18)/p+2. The Balaban J connectivity index is 1.66. The van der Waals surface area contributed by atoms with Gasteiger partial charge >= 0.3 is 0 Å². The van der Waals surface area contributed by atoms with Crippen molar-refractivity contribution in [3.8, 4) is 0 Å². The van der Waals surface area contributed by atoms with Crippen molar-refractivity contribution in [2.45, 2.75) is 43.0 Å². The molecular formula is C16H28N4O2S+2. The molecule has 1 aromatic rings. The van der Waals surface area contributed by atoms with Crippen molar-refractivity contribution in [1.29, 1.82) is 0 Å². The molecule has 3 N–H and O–H groups in total. The number of piperazine rings is 1. The first-order valence-electron chi connectivity index (χ1n) is 8.65. The Morgan fingerprint density at radius 1 is 1.17 bits per heavy atom. The van der Waals surface area contributed by atoms with Gasteiger partial charge in [-0.05, 0) is 31.7 Å². The average molecular weight is 340 g/mol. The molecule has 0 bridgehead atoms. The van der Waals surface area contributed by atoms with Crippen LogP contribution in [0.1, 0.15) is 32.1 Å². The summed E-state index contributed by atoms with van der Waals surface area (Å²) in [5.41, 5.74) is 0. The van der Waals surface area contributed by atoms with Gasteiger partial charge in [-0.25, -0.2) is 13.4 Å². The van der Waals surface area contributed by atoms with E-state index in [4.69, 9.17) is 0 Å². The highest BCUT2D eigenvalue weighted by molar-refractivity contribution is 7.89. The molecule has 1 saturated carbocycles. The smallest absolute Gasteiger partial charge is 0.272 e. The van der Waals surface area contributed by atoms with Crippen molar-refractivity contribution in [2.24, 2.45) is 0 Å². The van der Waals surface area contributed by atoms with Gasteiger partial charge in [0.2, 0.25) is 10.0 Å². The second kappa shape index (κ2) is 7.15. The third-order valence-electron chi connectivity index (χ3n) is 4.96. The molecule has 0 aromatic carbocycles. The van der Waals surface area contributed by atoms with Crippen LogP contribution < -0.4 is 15.2 Å². The average Bonchev–Trinajstić information content (AvgIpc) is 2.57. The Morgan fingerprint density at radius 3 is 2.48 bits per heavy atom. The van der Waals surface area contributed by atoms with Gasteiger partial charge in [-0.1, -0.05) is 6.42 Å². The zero-order chi connectivity index (χ0) is 16.3. The Labute approximate surface area is 138 Å². The van der Waals surface area contributed by atoms with Gasteiger partial charge in [-0.3, -0.25) is 5.32 Å².